The summed E-state index contributed by atoms with van der Waals surface area (Å²) in [5.74, 6) is -0.0590. The van der Waals surface area contributed by atoms with Crippen molar-refractivity contribution in [2.75, 3.05) is 19.6 Å². The van der Waals surface area contributed by atoms with Crippen molar-refractivity contribution in [2.45, 2.75) is 38.3 Å². The van der Waals surface area contributed by atoms with Gasteiger partial charge in [0.25, 0.3) is 0 Å². The molecule has 1 amide bonds. The van der Waals surface area contributed by atoms with Gasteiger partial charge in [-0.05, 0) is 24.9 Å². The molecule has 1 aromatic carbocycles. The smallest absolute Gasteiger partial charge is 0.223 e. The molecule has 0 radical (unpaired) electrons. The summed E-state index contributed by atoms with van der Waals surface area (Å²) in [4.78, 5) is 14.4. The van der Waals surface area contributed by atoms with Gasteiger partial charge in [-0.15, -0.1) is 0 Å². The minimum absolute atomic E-state index is 0.0590. The highest BCUT2D eigenvalue weighted by molar-refractivity contribution is 5.77. The lowest BCUT2D eigenvalue weighted by molar-refractivity contribution is -0.124. The number of nitrogens with one attached hydrogen (secondary N) is 1. The van der Waals surface area contributed by atoms with Crippen LogP contribution in [0.4, 0.5) is 0 Å². The van der Waals surface area contributed by atoms with Crippen LogP contribution < -0.4 is 5.32 Å². The van der Waals surface area contributed by atoms with Crippen LogP contribution in [0.1, 0.15) is 37.9 Å². The van der Waals surface area contributed by atoms with Crippen molar-refractivity contribution in [3.8, 4) is 0 Å². The van der Waals surface area contributed by atoms with Crippen LogP contribution in [0, 0.1) is 0 Å². The number of nitrogens with zero attached hydrogens (tertiary/aromatic N) is 1. The fourth-order valence-corrected chi connectivity index (χ4v) is 2.65. The number of piperidine rings is 1. The van der Waals surface area contributed by atoms with E-state index in [9.17, 15) is 9.90 Å². The van der Waals surface area contributed by atoms with E-state index in [0.29, 0.717) is 0 Å². The van der Waals surface area contributed by atoms with Gasteiger partial charge in [-0.2, -0.15) is 0 Å². The van der Waals surface area contributed by atoms with E-state index in [0.717, 1.165) is 38.0 Å². The summed E-state index contributed by atoms with van der Waals surface area (Å²) in [5, 5.41) is 13.1. The van der Waals surface area contributed by atoms with Gasteiger partial charge in [0, 0.05) is 19.1 Å². The molecule has 110 valence electrons. The van der Waals surface area contributed by atoms with Crippen molar-refractivity contribution in [1.29, 1.82) is 0 Å². The number of amides is 1. The Kier molecular flexibility index (Phi) is 5.56. The number of carbonyl (C=O) groups excluding carboxylic acids is 1. The molecule has 0 aliphatic carbocycles. The maximum absolute atomic E-state index is 12.0. The van der Waals surface area contributed by atoms with E-state index in [1.165, 1.54) is 0 Å². The van der Waals surface area contributed by atoms with Crippen molar-refractivity contribution >= 4 is 5.91 Å². The van der Waals surface area contributed by atoms with Crippen molar-refractivity contribution in [3.05, 3.63) is 35.9 Å². The Morgan fingerprint density at radius 1 is 1.35 bits per heavy atom. The number of hydrogen-bond acceptors (Lipinski definition) is 3. The lowest BCUT2D eigenvalue weighted by atomic mass is 10.0. The zero-order valence-corrected chi connectivity index (χ0v) is 12.1. The average Bonchev–Trinajstić information content (AvgIpc) is 2.49. The molecule has 1 aliphatic rings. The van der Waals surface area contributed by atoms with Gasteiger partial charge in [0.1, 0.15) is 0 Å². The molecule has 4 nitrogen and oxygen atoms in total. The number of benzene rings is 1. The standard InChI is InChI=1S/C16H24N2O2/c1-2-18-10-8-14(9-11-18)17-16(20)12-15(19)13-6-4-3-5-7-13/h3-7,14-15,19H,2,8-12H2,1H3,(H,17,20). The third kappa shape index (κ3) is 4.32. The Balaban J connectivity index is 1.76. The van der Waals surface area contributed by atoms with Gasteiger partial charge in [0.2, 0.25) is 5.91 Å². The minimum atomic E-state index is -0.716. The second kappa shape index (κ2) is 7.41. The molecule has 1 atom stereocenters. The Hall–Kier alpha value is -1.39. The van der Waals surface area contributed by atoms with Crippen LogP contribution in [0.15, 0.2) is 30.3 Å². The molecule has 0 bridgehead atoms. The van der Waals surface area contributed by atoms with Crippen LogP contribution in [-0.4, -0.2) is 41.6 Å². The number of rotatable bonds is 5. The first kappa shape index (κ1) is 15.0. The van der Waals surface area contributed by atoms with Crippen LogP contribution in [0.5, 0.6) is 0 Å². The Labute approximate surface area is 120 Å². The summed E-state index contributed by atoms with van der Waals surface area (Å²) in [6.07, 6.45) is 1.42. The molecule has 20 heavy (non-hydrogen) atoms. The monoisotopic (exact) mass is 276 g/mol. The van der Waals surface area contributed by atoms with E-state index >= 15 is 0 Å². The quantitative estimate of drug-likeness (QED) is 0.861. The number of aliphatic hydroxyl groups excluding tert-OH is 1. The second-order valence-electron chi connectivity index (χ2n) is 5.41. The van der Waals surface area contributed by atoms with E-state index in [1.54, 1.807) is 0 Å². The van der Waals surface area contributed by atoms with Crippen molar-refractivity contribution in [3.63, 3.8) is 0 Å². The molecule has 4 heteroatoms. The molecule has 1 saturated heterocycles. The van der Waals surface area contributed by atoms with E-state index in [2.05, 4.69) is 17.1 Å². The molecule has 1 heterocycles. The van der Waals surface area contributed by atoms with E-state index in [1.807, 2.05) is 30.3 Å². The maximum Gasteiger partial charge on any atom is 0.223 e. The maximum atomic E-state index is 12.0. The number of hydrogen-bond donors (Lipinski definition) is 2. The molecular weight excluding hydrogens is 252 g/mol. The molecule has 0 aromatic heterocycles. The predicted molar refractivity (Wildman–Crippen MR) is 79.3 cm³/mol. The van der Waals surface area contributed by atoms with Gasteiger partial charge in [-0.1, -0.05) is 37.3 Å². The second-order valence-corrected chi connectivity index (χ2v) is 5.41. The van der Waals surface area contributed by atoms with Gasteiger partial charge in [0.15, 0.2) is 0 Å². The zero-order valence-electron chi connectivity index (χ0n) is 12.1. The molecule has 0 spiro atoms. The zero-order chi connectivity index (χ0) is 14.4. The normalized spacial score (nSPS) is 18.7. The summed E-state index contributed by atoms with van der Waals surface area (Å²) >= 11 is 0. The summed E-state index contributed by atoms with van der Waals surface area (Å²) in [6, 6.07) is 9.59. The third-order valence-electron chi connectivity index (χ3n) is 3.96. The summed E-state index contributed by atoms with van der Waals surface area (Å²) < 4.78 is 0. The highest BCUT2D eigenvalue weighted by Gasteiger charge is 2.21. The lowest BCUT2D eigenvalue weighted by Crippen LogP contribution is -2.44. The minimum Gasteiger partial charge on any atom is -0.388 e. The molecule has 2 N–H and O–H groups in total. The van der Waals surface area contributed by atoms with Gasteiger partial charge < -0.3 is 15.3 Å². The number of likely N-dealkylation sites (tertiary alicyclic amines) is 1. The summed E-state index contributed by atoms with van der Waals surface area (Å²) in [6.45, 7) is 5.33. The molecule has 1 aromatic rings. The first-order valence-corrected chi connectivity index (χ1v) is 7.43. The van der Waals surface area contributed by atoms with E-state index in [-0.39, 0.29) is 18.4 Å². The fourth-order valence-electron chi connectivity index (χ4n) is 2.65. The molecule has 1 aliphatic heterocycles. The average molecular weight is 276 g/mol. The molecular formula is C16H24N2O2. The molecule has 2 rings (SSSR count). The predicted octanol–water partition coefficient (Wildman–Crippen LogP) is 1.71. The first-order chi connectivity index (χ1) is 9.69. The van der Waals surface area contributed by atoms with Crippen molar-refractivity contribution in [1.82, 2.24) is 10.2 Å². The lowest BCUT2D eigenvalue weighted by Gasteiger charge is -2.31. The highest BCUT2D eigenvalue weighted by atomic mass is 16.3. The van der Waals surface area contributed by atoms with Crippen LogP contribution in [0.25, 0.3) is 0 Å². The van der Waals surface area contributed by atoms with Gasteiger partial charge in [0.05, 0.1) is 12.5 Å². The summed E-state index contributed by atoms with van der Waals surface area (Å²) in [7, 11) is 0. The number of carbonyl (C=O) groups is 1. The van der Waals surface area contributed by atoms with Crippen LogP contribution >= 0.6 is 0 Å². The molecule has 1 unspecified atom stereocenters. The molecule has 0 saturated carbocycles. The van der Waals surface area contributed by atoms with E-state index in [4.69, 9.17) is 0 Å². The van der Waals surface area contributed by atoms with Gasteiger partial charge in [-0.25, -0.2) is 0 Å². The fraction of sp³-hybridized carbons (Fsp3) is 0.562. The van der Waals surface area contributed by atoms with Crippen molar-refractivity contribution < 1.29 is 9.90 Å². The summed E-state index contributed by atoms with van der Waals surface area (Å²) in [5.41, 5.74) is 0.795. The first-order valence-electron chi connectivity index (χ1n) is 7.43. The van der Waals surface area contributed by atoms with Crippen LogP contribution in [0.3, 0.4) is 0 Å². The molecule has 1 fully saturated rings. The number of aliphatic hydroxyl groups is 1. The van der Waals surface area contributed by atoms with E-state index < -0.39 is 6.10 Å². The Bertz CT molecular complexity index is 414. The Morgan fingerprint density at radius 2 is 2.00 bits per heavy atom. The van der Waals surface area contributed by atoms with Crippen LogP contribution in [-0.2, 0) is 4.79 Å². The Morgan fingerprint density at radius 3 is 2.60 bits per heavy atom. The van der Waals surface area contributed by atoms with Gasteiger partial charge in [-0.3, -0.25) is 4.79 Å². The SMILES string of the molecule is CCN1CCC(NC(=O)CC(O)c2ccccc2)CC1. The topological polar surface area (TPSA) is 52.6 Å². The highest BCUT2D eigenvalue weighted by Crippen LogP contribution is 2.16. The van der Waals surface area contributed by atoms with Crippen molar-refractivity contribution in [2.24, 2.45) is 0 Å². The third-order valence-corrected chi connectivity index (χ3v) is 3.96. The van der Waals surface area contributed by atoms with Gasteiger partial charge >= 0.3 is 0 Å². The van der Waals surface area contributed by atoms with Crippen LogP contribution in [0.2, 0.25) is 0 Å². The largest absolute Gasteiger partial charge is 0.388 e.